The Balaban J connectivity index is 1.80. The molecule has 12 heteroatoms. The Bertz CT molecular complexity index is 2530. The van der Waals surface area contributed by atoms with E-state index in [1.54, 1.807) is 30.4 Å². The first-order valence-electron chi connectivity index (χ1n) is 12.9. The Hall–Kier alpha value is -5.41. The van der Waals surface area contributed by atoms with Gasteiger partial charge in [-0.15, -0.1) is 0 Å². The molecule has 0 radical (unpaired) electrons. The number of thiocyanates is 1. The van der Waals surface area contributed by atoms with Gasteiger partial charge in [0.25, 0.3) is 5.56 Å². The van der Waals surface area contributed by atoms with Crippen LogP contribution in [0, 0.1) is 21.1 Å². The van der Waals surface area contributed by atoms with E-state index >= 15 is 0 Å². The number of phenols is 1. The van der Waals surface area contributed by atoms with Gasteiger partial charge in [-0.1, -0.05) is 18.2 Å². The maximum absolute atomic E-state index is 13.7. The summed E-state index contributed by atoms with van der Waals surface area (Å²) in [5.41, 5.74) is -6.58. The third-order valence-electron chi connectivity index (χ3n) is 8.12. The molecule has 1 aromatic carbocycles. The molecule has 43 heavy (non-hydrogen) atoms. The van der Waals surface area contributed by atoms with Crippen LogP contribution in [0.2, 0.25) is 0 Å². The number of hydrogen-bond acceptors (Lipinski definition) is 11. The Morgan fingerprint density at radius 3 is 2.28 bits per heavy atom. The van der Waals surface area contributed by atoms with Gasteiger partial charge in [0, 0.05) is 27.6 Å². The number of methoxy groups -OCH3 is 1. The van der Waals surface area contributed by atoms with Gasteiger partial charge in [-0.25, -0.2) is 0 Å². The van der Waals surface area contributed by atoms with Crippen LogP contribution in [0.15, 0.2) is 59.2 Å². The van der Waals surface area contributed by atoms with Crippen LogP contribution in [-0.4, -0.2) is 27.4 Å². The average Bonchev–Trinajstić information content (AvgIpc) is 3.48. The molecule has 4 aliphatic carbocycles. The summed E-state index contributed by atoms with van der Waals surface area (Å²) in [7, 11) is 1.11. The van der Waals surface area contributed by atoms with E-state index in [1.807, 2.05) is 12.3 Å². The molecule has 4 aliphatic rings. The smallest absolute Gasteiger partial charge is 0.260 e. The number of benzene rings is 1. The SMILES string of the molecule is C/C=C/C=C/c1cc2c(SC#N)c3c(c(O)c2c(=O)[nH]1)[C@@]1(CC3)C(O)=c2c(=O)c3c(=O)cc(OC)c(=O)c=3c(=O)c2=C1O. The molecule has 0 saturated carbocycles. The molecule has 11 nitrogen and oxygen atoms in total. The lowest BCUT2D eigenvalue weighted by Crippen LogP contribution is -2.51. The Morgan fingerprint density at radius 1 is 0.977 bits per heavy atom. The van der Waals surface area contributed by atoms with E-state index in [9.17, 15) is 44.6 Å². The van der Waals surface area contributed by atoms with Crippen LogP contribution >= 0.6 is 11.8 Å². The number of nitrogens with one attached hydrogen (secondary N) is 1. The number of phenolic OH excluding ortho intramolecular Hbond substituents is 1. The highest BCUT2D eigenvalue weighted by atomic mass is 32.2. The Kier molecular flexibility index (Phi) is 6.18. The van der Waals surface area contributed by atoms with Crippen molar-refractivity contribution in [1.82, 2.24) is 4.98 Å². The highest BCUT2D eigenvalue weighted by Gasteiger charge is 2.54. The van der Waals surface area contributed by atoms with Crippen molar-refractivity contribution in [3.8, 4) is 16.9 Å². The second kappa shape index (κ2) is 9.57. The van der Waals surface area contributed by atoms with Crippen LogP contribution < -0.4 is 42.4 Å². The highest BCUT2D eigenvalue weighted by molar-refractivity contribution is 8.04. The maximum atomic E-state index is 13.7. The second-order valence-electron chi connectivity index (χ2n) is 10.1. The number of allylic oxidation sites excluding steroid dienone is 3. The van der Waals surface area contributed by atoms with E-state index in [-0.39, 0.29) is 34.1 Å². The molecule has 0 saturated heterocycles. The second-order valence-corrected chi connectivity index (χ2v) is 10.9. The van der Waals surface area contributed by atoms with Gasteiger partial charge in [-0.2, -0.15) is 5.26 Å². The fraction of sp³-hybridized carbons (Fsp3) is 0.161. The lowest BCUT2D eigenvalue weighted by Gasteiger charge is -2.27. The number of aromatic nitrogens is 1. The maximum Gasteiger partial charge on any atom is 0.260 e. The number of thioether (sulfide) groups is 1. The largest absolute Gasteiger partial charge is 0.510 e. The number of rotatable bonds is 4. The van der Waals surface area contributed by atoms with Crippen LogP contribution in [0.4, 0.5) is 0 Å². The predicted octanol–water partition coefficient (Wildman–Crippen LogP) is 0.676. The van der Waals surface area contributed by atoms with Crippen molar-refractivity contribution in [2.24, 2.45) is 0 Å². The number of aliphatic hydroxyl groups is 2. The predicted molar refractivity (Wildman–Crippen MR) is 159 cm³/mol. The monoisotopic (exact) mass is 596 g/mol. The molecule has 1 heterocycles. The fourth-order valence-electron chi connectivity index (χ4n) is 6.35. The summed E-state index contributed by atoms with van der Waals surface area (Å²) >= 11 is 0.711. The number of hydrogen-bond donors (Lipinski definition) is 4. The van der Waals surface area contributed by atoms with Crippen molar-refractivity contribution < 1.29 is 20.1 Å². The van der Waals surface area contributed by atoms with E-state index < -0.39 is 76.6 Å². The van der Waals surface area contributed by atoms with Crippen LogP contribution in [0.25, 0.3) is 28.4 Å². The fourth-order valence-corrected chi connectivity index (χ4v) is 7.04. The van der Waals surface area contributed by atoms with Crippen molar-refractivity contribution in [3.05, 3.63) is 119 Å². The van der Waals surface area contributed by atoms with E-state index in [4.69, 9.17) is 4.74 Å². The molecule has 0 fully saturated rings. The van der Waals surface area contributed by atoms with Gasteiger partial charge < -0.3 is 25.0 Å². The number of aliphatic hydroxyl groups excluding tert-OH is 2. The number of nitrogens with zero attached hydrogens (tertiary/aromatic N) is 1. The van der Waals surface area contributed by atoms with E-state index in [0.717, 1.165) is 13.2 Å². The first-order valence-corrected chi connectivity index (χ1v) is 13.7. The van der Waals surface area contributed by atoms with Gasteiger partial charge in [0.15, 0.2) is 11.2 Å². The minimum Gasteiger partial charge on any atom is -0.510 e. The quantitative estimate of drug-likeness (QED) is 0.147. The summed E-state index contributed by atoms with van der Waals surface area (Å²) in [5, 5.41) is 43.6. The topological polar surface area (TPSA) is 195 Å². The summed E-state index contributed by atoms with van der Waals surface area (Å²) < 4.78 is 4.90. The Morgan fingerprint density at radius 2 is 1.65 bits per heavy atom. The molecule has 2 aromatic rings. The lowest BCUT2D eigenvalue weighted by molar-refractivity contribution is 0.362. The number of aromatic amines is 1. The zero-order valence-electron chi connectivity index (χ0n) is 22.5. The zero-order valence-corrected chi connectivity index (χ0v) is 23.3. The van der Waals surface area contributed by atoms with Crippen LogP contribution in [-0.2, 0) is 11.8 Å². The number of H-pyrrole nitrogens is 1. The van der Waals surface area contributed by atoms with Crippen molar-refractivity contribution in [2.45, 2.75) is 30.1 Å². The summed E-state index contributed by atoms with van der Waals surface area (Å²) in [6, 6.07) is 2.35. The number of pyridine rings is 1. The van der Waals surface area contributed by atoms with E-state index in [2.05, 4.69) is 4.98 Å². The number of ether oxygens (including phenoxy) is 1. The molecule has 214 valence electrons. The molecule has 1 aromatic heterocycles. The summed E-state index contributed by atoms with van der Waals surface area (Å²) in [6.07, 6.45) is 6.72. The molecule has 1 atom stereocenters. The molecular formula is C31H20N2O9S. The summed E-state index contributed by atoms with van der Waals surface area (Å²) in [6.45, 7) is 1.82. The molecular weight excluding hydrogens is 576 g/mol. The molecule has 6 rings (SSSR count). The third-order valence-corrected chi connectivity index (χ3v) is 8.88. The first-order chi connectivity index (χ1) is 20.5. The highest BCUT2D eigenvalue weighted by Crippen LogP contribution is 2.56. The van der Waals surface area contributed by atoms with Crippen LogP contribution in [0.3, 0.4) is 0 Å². The molecule has 4 N–H and O–H groups in total. The standard InChI is InChI=1S/C31H20N2O9S/c1-3-4-5-6-12-9-14-17(30(41)33-12)26(38)22-13(27(14)43-11-32)7-8-31(22)28(39)20-21(29(31)40)25(37)19-18(24(20)36)15(34)10-16(42-2)23(19)35/h3-6,9-10,38-40H,7-8H2,1-2H3,(H,33,41)/b4-3+,6-5+/t31-/m0/s1. The van der Waals surface area contributed by atoms with Crippen molar-refractivity contribution in [2.75, 3.05) is 7.11 Å². The van der Waals surface area contributed by atoms with Crippen molar-refractivity contribution in [3.63, 3.8) is 0 Å². The third kappa shape index (κ3) is 3.45. The van der Waals surface area contributed by atoms with Crippen LogP contribution in [0.5, 0.6) is 11.5 Å². The van der Waals surface area contributed by atoms with Gasteiger partial charge >= 0.3 is 0 Å². The first kappa shape index (κ1) is 27.7. The molecule has 0 unspecified atom stereocenters. The van der Waals surface area contributed by atoms with Crippen molar-refractivity contribution in [1.29, 1.82) is 5.26 Å². The molecule has 0 bridgehead atoms. The van der Waals surface area contributed by atoms with E-state index in [0.29, 0.717) is 23.0 Å². The summed E-state index contributed by atoms with van der Waals surface area (Å²) in [4.78, 5) is 69.3. The Labute approximate surface area is 243 Å². The molecule has 0 aliphatic heterocycles. The molecule has 1 spiro atoms. The van der Waals surface area contributed by atoms with Gasteiger partial charge in [-0.3, -0.25) is 24.0 Å². The number of nitriles is 1. The minimum absolute atomic E-state index is 0.0524. The van der Waals surface area contributed by atoms with Gasteiger partial charge in [0.1, 0.15) is 28.1 Å². The van der Waals surface area contributed by atoms with Gasteiger partial charge in [0.05, 0.1) is 33.4 Å². The lowest BCUT2D eigenvalue weighted by atomic mass is 9.78. The van der Waals surface area contributed by atoms with Crippen molar-refractivity contribution >= 4 is 40.1 Å². The average molecular weight is 597 g/mol. The van der Waals surface area contributed by atoms with Gasteiger partial charge in [0.2, 0.25) is 16.3 Å². The number of aromatic hydroxyl groups is 1. The minimum atomic E-state index is -2.07. The van der Waals surface area contributed by atoms with E-state index in [1.165, 1.54) is 0 Å². The number of fused-ring (bicyclic) bond motifs is 4. The zero-order chi connectivity index (χ0) is 31.0. The van der Waals surface area contributed by atoms with Gasteiger partial charge in [-0.05, 0) is 49.2 Å². The molecule has 0 amide bonds. The summed E-state index contributed by atoms with van der Waals surface area (Å²) in [5.74, 6) is -2.72. The normalized spacial score (nSPS) is 17.5. The van der Waals surface area contributed by atoms with Crippen LogP contribution in [0.1, 0.15) is 30.2 Å².